The molecule has 1 heterocycles. The van der Waals surface area contributed by atoms with Crippen molar-refractivity contribution >= 4 is 48.9 Å². The average Bonchev–Trinajstić information content (AvgIpc) is 3.18. The maximum Gasteiger partial charge on any atom is 0.245 e. The SMILES string of the molecule is Cc1ccc(NC(=O)CN(c2ccc(S(=O)(=O)N(C)C)cc2)S(C)(=O)=O)cc1N1CCCC1=O. The molecule has 1 aliphatic heterocycles. The summed E-state index contributed by atoms with van der Waals surface area (Å²) in [6, 6.07) is 10.4. The van der Waals surface area contributed by atoms with Gasteiger partial charge in [-0.25, -0.2) is 21.1 Å². The number of hydrogen-bond donors (Lipinski definition) is 1. The maximum absolute atomic E-state index is 12.7. The van der Waals surface area contributed by atoms with Gasteiger partial charge in [-0.05, 0) is 55.3 Å². The van der Waals surface area contributed by atoms with Crippen LogP contribution >= 0.6 is 0 Å². The van der Waals surface area contributed by atoms with Crippen LogP contribution in [0.1, 0.15) is 18.4 Å². The summed E-state index contributed by atoms with van der Waals surface area (Å²) in [6.45, 7) is 1.97. The second-order valence-electron chi connectivity index (χ2n) is 8.25. The lowest BCUT2D eigenvalue weighted by Gasteiger charge is -2.23. The molecule has 2 amide bonds. The standard InChI is InChI=1S/C22H28N4O6S2/c1-16-7-8-17(14-20(16)25-13-5-6-22(25)28)23-21(27)15-26(33(4,29)30)18-9-11-19(12-10-18)34(31,32)24(2)3/h7-12,14H,5-6,13,15H2,1-4H3,(H,23,27). The summed E-state index contributed by atoms with van der Waals surface area (Å²) in [4.78, 5) is 26.5. The minimum absolute atomic E-state index is 0.00259. The number of rotatable bonds is 8. The molecule has 0 saturated carbocycles. The molecule has 34 heavy (non-hydrogen) atoms. The molecule has 184 valence electrons. The predicted octanol–water partition coefficient (Wildman–Crippen LogP) is 1.78. The Hall–Kier alpha value is -2.96. The van der Waals surface area contributed by atoms with E-state index in [-0.39, 0.29) is 16.5 Å². The highest BCUT2D eigenvalue weighted by Gasteiger charge is 2.25. The van der Waals surface area contributed by atoms with Crippen molar-refractivity contribution < 1.29 is 26.4 Å². The van der Waals surface area contributed by atoms with E-state index in [1.807, 2.05) is 6.92 Å². The van der Waals surface area contributed by atoms with Gasteiger partial charge in [-0.1, -0.05) is 6.07 Å². The molecule has 1 N–H and O–H groups in total. The zero-order valence-corrected chi connectivity index (χ0v) is 21.1. The number of hydrogen-bond acceptors (Lipinski definition) is 6. The van der Waals surface area contributed by atoms with E-state index in [1.54, 1.807) is 23.1 Å². The van der Waals surface area contributed by atoms with Gasteiger partial charge >= 0.3 is 0 Å². The lowest BCUT2D eigenvalue weighted by Crippen LogP contribution is -2.37. The molecule has 1 saturated heterocycles. The Morgan fingerprint density at radius 3 is 2.24 bits per heavy atom. The lowest BCUT2D eigenvalue weighted by molar-refractivity contribution is -0.117. The molecule has 0 unspecified atom stereocenters. The molecular formula is C22H28N4O6S2. The van der Waals surface area contributed by atoms with Crippen LogP contribution in [0.2, 0.25) is 0 Å². The summed E-state index contributed by atoms with van der Waals surface area (Å²) in [5.41, 5.74) is 2.19. The van der Waals surface area contributed by atoms with Gasteiger partial charge in [0.2, 0.25) is 31.9 Å². The van der Waals surface area contributed by atoms with E-state index >= 15 is 0 Å². The molecule has 0 aromatic heterocycles. The molecule has 1 fully saturated rings. The summed E-state index contributed by atoms with van der Waals surface area (Å²) in [5, 5.41) is 2.69. The molecule has 1 aliphatic rings. The molecule has 0 spiro atoms. The van der Waals surface area contributed by atoms with Crippen LogP contribution < -0.4 is 14.5 Å². The van der Waals surface area contributed by atoms with Gasteiger partial charge in [0, 0.05) is 38.4 Å². The number of sulfonamides is 2. The highest BCUT2D eigenvalue weighted by Crippen LogP contribution is 2.28. The quantitative estimate of drug-likeness (QED) is 0.580. The minimum Gasteiger partial charge on any atom is -0.324 e. The number of amides is 2. The highest BCUT2D eigenvalue weighted by atomic mass is 32.2. The number of nitrogens with one attached hydrogen (secondary N) is 1. The van der Waals surface area contributed by atoms with Crippen molar-refractivity contribution in [3.63, 3.8) is 0 Å². The molecule has 2 aromatic carbocycles. The molecule has 3 rings (SSSR count). The fourth-order valence-corrected chi connectivity index (χ4v) is 5.37. The largest absolute Gasteiger partial charge is 0.324 e. The third-order valence-corrected chi connectivity index (χ3v) is 8.42. The van der Waals surface area contributed by atoms with Crippen LogP contribution in [0.25, 0.3) is 0 Å². The fraction of sp³-hybridized carbons (Fsp3) is 0.364. The van der Waals surface area contributed by atoms with Crippen LogP contribution in [0.3, 0.4) is 0 Å². The van der Waals surface area contributed by atoms with Crippen LogP contribution in [-0.2, 0) is 29.6 Å². The molecule has 10 nitrogen and oxygen atoms in total. The first-order valence-electron chi connectivity index (χ1n) is 10.5. The second-order valence-corrected chi connectivity index (χ2v) is 12.3. The van der Waals surface area contributed by atoms with Crippen molar-refractivity contribution in [2.24, 2.45) is 0 Å². The van der Waals surface area contributed by atoms with Crippen molar-refractivity contribution in [1.29, 1.82) is 0 Å². The van der Waals surface area contributed by atoms with Gasteiger partial charge in [0.15, 0.2) is 0 Å². The minimum atomic E-state index is -3.85. The molecule has 0 bridgehead atoms. The molecule has 0 aliphatic carbocycles. The summed E-state index contributed by atoms with van der Waals surface area (Å²) in [7, 11) is -4.73. The third-order valence-electron chi connectivity index (χ3n) is 5.45. The van der Waals surface area contributed by atoms with E-state index in [4.69, 9.17) is 0 Å². The summed E-state index contributed by atoms with van der Waals surface area (Å²) < 4.78 is 51.3. The number of carbonyl (C=O) groups is 2. The first kappa shape index (κ1) is 25.7. The van der Waals surface area contributed by atoms with Gasteiger partial charge in [-0.15, -0.1) is 0 Å². The van der Waals surface area contributed by atoms with Crippen molar-refractivity contribution in [3.05, 3.63) is 48.0 Å². The number of aryl methyl sites for hydroxylation is 1. The molecule has 0 radical (unpaired) electrons. The van der Waals surface area contributed by atoms with Gasteiger partial charge < -0.3 is 10.2 Å². The first-order chi connectivity index (χ1) is 15.8. The van der Waals surface area contributed by atoms with Gasteiger partial charge in [-0.2, -0.15) is 0 Å². The Morgan fingerprint density at radius 1 is 1.06 bits per heavy atom. The Balaban J connectivity index is 1.81. The second kappa shape index (κ2) is 9.72. The third kappa shape index (κ3) is 5.57. The van der Waals surface area contributed by atoms with Gasteiger partial charge in [0.05, 0.1) is 16.8 Å². The van der Waals surface area contributed by atoms with Crippen LogP contribution in [0.15, 0.2) is 47.4 Å². The van der Waals surface area contributed by atoms with E-state index in [9.17, 15) is 26.4 Å². The fourth-order valence-electron chi connectivity index (χ4n) is 3.61. The van der Waals surface area contributed by atoms with E-state index in [0.717, 1.165) is 26.9 Å². The first-order valence-corrected chi connectivity index (χ1v) is 13.8. The Labute approximate surface area is 200 Å². The summed E-state index contributed by atoms with van der Waals surface area (Å²) >= 11 is 0. The van der Waals surface area contributed by atoms with Crippen LogP contribution in [0.4, 0.5) is 17.1 Å². The topological polar surface area (TPSA) is 124 Å². The molecule has 2 aromatic rings. The van der Waals surface area contributed by atoms with E-state index < -0.39 is 32.5 Å². The van der Waals surface area contributed by atoms with E-state index in [1.165, 1.54) is 38.4 Å². The Kier molecular flexibility index (Phi) is 7.34. The highest BCUT2D eigenvalue weighted by molar-refractivity contribution is 7.92. The normalized spacial score (nSPS) is 14.5. The molecule has 12 heteroatoms. The Bertz CT molecular complexity index is 1310. The van der Waals surface area contributed by atoms with Crippen molar-refractivity contribution in [3.8, 4) is 0 Å². The average molecular weight is 509 g/mol. The smallest absolute Gasteiger partial charge is 0.245 e. The van der Waals surface area contributed by atoms with Gasteiger partial charge in [-0.3, -0.25) is 13.9 Å². The van der Waals surface area contributed by atoms with Crippen molar-refractivity contribution in [2.75, 3.05) is 48.0 Å². The van der Waals surface area contributed by atoms with Crippen LogP contribution in [-0.4, -0.2) is 66.4 Å². The van der Waals surface area contributed by atoms with Crippen LogP contribution in [0.5, 0.6) is 0 Å². The van der Waals surface area contributed by atoms with Crippen molar-refractivity contribution in [2.45, 2.75) is 24.7 Å². The number of nitrogens with zero attached hydrogens (tertiary/aromatic N) is 3. The van der Waals surface area contributed by atoms with Crippen LogP contribution in [0, 0.1) is 6.92 Å². The zero-order chi connectivity index (χ0) is 25.3. The monoisotopic (exact) mass is 508 g/mol. The number of benzene rings is 2. The molecule has 0 atom stereocenters. The summed E-state index contributed by atoms with van der Waals surface area (Å²) in [5.74, 6) is -0.562. The number of anilines is 3. The number of carbonyl (C=O) groups excluding carboxylic acids is 2. The maximum atomic E-state index is 12.7. The zero-order valence-electron chi connectivity index (χ0n) is 19.5. The van der Waals surface area contributed by atoms with E-state index in [0.29, 0.717) is 24.3 Å². The van der Waals surface area contributed by atoms with Crippen molar-refractivity contribution in [1.82, 2.24) is 4.31 Å². The Morgan fingerprint density at radius 2 is 1.71 bits per heavy atom. The lowest BCUT2D eigenvalue weighted by atomic mass is 10.1. The summed E-state index contributed by atoms with van der Waals surface area (Å²) in [6.07, 6.45) is 2.22. The van der Waals surface area contributed by atoms with E-state index in [2.05, 4.69) is 5.32 Å². The van der Waals surface area contributed by atoms with Gasteiger partial charge in [0.1, 0.15) is 6.54 Å². The predicted molar refractivity (Wildman–Crippen MR) is 131 cm³/mol. The molecular weight excluding hydrogens is 480 g/mol. The van der Waals surface area contributed by atoms with Gasteiger partial charge in [0.25, 0.3) is 0 Å².